The number of thiazole rings is 1. The van der Waals surface area contributed by atoms with E-state index in [-0.39, 0.29) is 11.9 Å². The fourth-order valence-corrected chi connectivity index (χ4v) is 2.62. The number of rotatable bonds is 3. The third-order valence-corrected chi connectivity index (χ3v) is 3.27. The second-order valence-corrected chi connectivity index (χ2v) is 5.14. The highest BCUT2D eigenvalue weighted by atomic mass is 79.9. The summed E-state index contributed by atoms with van der Waals surface area (Å²) >= 11 is 4.77. The lowest BCUT2D eigenvalue weighted by atomic mass is 10.0. The van der Waals surface area contributed by atoms with Crippen LogP contribution in [0.2, 0.25) is 0 Å². The molecule has 16 heavy (non-hydrogen) atoms. The van der Waals surface area contributed by atoms with E-state index in [2.05, 4.69) is 20.9 Å². The molecule has 5 heteroatoms. The number of aromatic nitrogens is 1. The molecule has 1 aromatic heterocycles. The van der Waals surface area contributed by atoms with Crippen LogP contribution in [0.3, 0.4) is 0 Å². The average molecular weight is 301 g/mol. The van der Waals surface area contributed by atoms with Crippen molar-refractivity contribution in [1.29, 1.82) is 0 Å². The Balaban J connectivity index is 2.15. The average Bonchev–Trinajstić information content (AvgIpc) is 2.68. The lowest BCUT2D eigenvalue weighted by molar-refractivity contribution is 0.620. The molecule has 1 unspecified atom stereocenters. The summed E-state index contributed by atoms with van der Waals surface area (Å²) in [5.74, 6) is -0.255. The topological polar surface area (TPSA) is 38.9 Å². The fraction of sp³-hybridized carbons (Fsp3) is 0.182. The molecule has 0 fully saturated rings. The second-order valence-electron chi connectivity index (χ2n) is 3.50. The van der Waals surface area contributed by atoms with Gasteiger partial charge in [-0.3, -0.25) is 0 Å². The highest BCUT2D eigenvalue weighted by Gasteiger charge is 2.10. The van der Waals surface area contributed by atoms with Crippen LogP contribution in [0.1, 0.15) is 17.3 Å². The molecule has 2 nitrogen and oxygen atoms in total. The van der Waals surface area contributed by atoms with Gasteiger partial charge in [-0.1, -0.05) is 15.9 Å². The Morgan fingerprint density at radius 3 is 2.88 bits per heavy atom. The first-order valence-electron chi connectivity index (χ1n) is 4.74. The predicted octanol–water partition coefficient (Wildman–Crippen LogP) is 3.29. The van der Waals surface area contributed by atoms with E-state index in [1.807, 2.05) is 11.4 Å². The summed E-state index contributed by atoms with van der Waals surface area (Å²) in [7, 11) is 0. The number of benzene rings is 1. The molecule has 0 aliphatic heterocycles. The minimum absolute atomic E-state index is 0.181. The maximum atomic E-state index is 13.1. The van der Waals surface area contributed by atoms with E-state index < -0.39 is 0 Å². The summed E-state index contributed by atoms with van der Waals surface area (Å²) in [5.41, 5.74) is 9.44. The molecule has 1 aromatic carbocycles. The summed E-state index contributed by atoms with van der Waals surface area (Å²) < 4.78 is 13.9. The standard InChI is InChI=1S/C11H10BrFN2S/c12-8-1-7(2-9(13)4-8)3-10(14)11-5-16-6-15-11/h1-2,4-6,10H,3,14H2. The Hall–Kier alpha value is -0.780. The molecular formula is C11H10BrFN2S. The van der Waals surface area contributed by atoms with Gasteiger partial charge in [0.1, 0.15) is 5.82 Å². The maximum Gasteiger partial charge on any atom is 0.124 e. The Morgan fingerprint density at radius 2 is 2.25 bits per heavy atom. The third-order valence-electron chi connectivity index (χ3n) is 2.21. The molecule has 0 radical (unpaired) electrons. The molecule has 1 heterocycles. The van der Waals surface area contributed by atoms with Crippen molar-refractivity contribution < 1.29 is 4.39 Å². The first-order valence-corrected chi connectivity index (χ1v) is 6.47. The summed E-state index contributed by atoms with van der Waals surface area (Å²) in [6.07, 6.45) is 0.583. The molecule has 0 aliphatic carbocycles. The zero-order valence-electron chi connectivity index (χ0n) is 8.36. The van der Waals surface area contributed by atoms with Crippen LogP contribution < -0.4 is 5.73 Å². The summed E-state index contributed by atoms with van der Waals surface area (Å²) in [6, 6.07) is 4.62. The van der Waals surface area contributed by atoms with Crippen molar-refractivity contribution in [3.05, 3.63) is 50.6 Å². The van der Waals surface area contributed by atoms with Gasteiger partial charge >= 0.3 is 0 Å². The van der Waals surface area contributed by atoms with Crippen LogP contribution in [0, 0.1) is 5.82 Å². The molecule has 2 aromatic rings. The molecule has 0 amide bonds. The molecule has 0 saturated carbocycles. The molecule has 0 saturated heterocycles. The van der Waals surface area contributed by atoms with E-state index in [0.29, 0.717) is 6.42 Å². The molecule has 1 atom stereocenters. The lowest BCUT2D eigenvalue weighted by Crippen LogP contribution is -2.13. The van der Waals surface area contributed by atoms with Crippen molar-refractivity contribution in [1.82, 2.24) is 4.98 Å². The number of halogens is 2. The van der Waals surface area contributed by atoms with E-state index in [9.17, 15) is 4.39 Å². The van der Waals surface area contributed by atoms with Crippen LogP contribution in [0.15, 0.2) is 33.6 Å². The van der Waals surface area contributed by atoms with Crippen LogP contribution in [-0.4, -0.2) is 4.98 Å². The Labute approximate surface area is 105 Å². The quantitative estimate of drug-likeness (QED) is 0.945. The first kappa shape index (κ1) is 11.7. The maximum absolute atomic E-state index is 13.1. The van der Waals surface area contributed by atoms with E-state index in [1.165, 1.54) is 23.5 Å². The molecule has 0 bridgehead atoms. The lowest BCUT2D eigenvalue weighted by Gasteiger charge is -2.09. The van der Waals surface area contributed by atoms with Crippen LogP contribution >= 0.6 is 27.3 Å². The van der Waals surface area contributed by atoms with Crippen molar-refractivity contribution in [2.75, 3.05) is 0 Å². The molecule has 0 spiro atoms. The Morgan fingerprint density at radius 1 is 1.44 bits per heavy atom. The fourth-order valence-electron chi connectivity index (χ4n) is 1.49. The van der Waals surface area contributed by atoms with Gasteiger partial charge in [-0.15, -0.1) is 11.3 Å². The Kier molecular flexibility index (Phi) is 3.68. The van der Waals surface area contributed by atoms with Gasteiger partial charge in [0.15, 0.2) is 0 Å². The number of nitrogens with zero attached hydrogens (tertiary/aromatic N) is 1. The van der Waals surface area contributed by atoms with E-state index in [0.717, 1.165) is 15.7 Å². The number of hydrogen-bond donors (Lipinski definition) is 1. The van der Waals surface area contributed by atoms with Gasteiger partial charge in [-0.2, -0.15) is 0 Å². The van der Waals surface area contributed by atoms with Gasteiger partial charge in [0.2, 0.25) is 0 Å². The van der Waals surface area contributed by atoms with Crippen LogP contribution in [0.25, 0.3) is 0 Å². The predicted molar refractivity (Wildman–Crippen MR) is 66.8 cm³/mol. The van der Waals surface area contributed by atoms with E-state index in [1.54, 1.807) is 5.51 Å². The van der Waals surface area contributed by atoms with E-state index >= 15 is 0 Å². The van der Waals surface area contributed by atoms with Gasteiger partial charge in [0, 0.05) is 9.85 Å². The largest absolute Gasteiger partial charge is 0.322 e. The zero-order valence-corrected chi connectivity index (χ0v) is 10.8. The third kappa shape index (κ3) is 2.87. The molecule has 2 rings (SSSR count). The minimum Gasteiger partial charge on any atom is -0.322 e. The second kappa shape index (κ2) is 5.03. The van der Waals surface area contributed by atoms with Crippen LogP contribution in [0.5, 0.6) is 0 Å². The normalized spacial score (nSPS) is 12.7. The van der Waals surface area contributed by atoms with Gasteiger partial charge in [0.05, 0.1) is 17.2 Å². The first-order chi connectivity index (χ1) is 7.65. The highest BCUT2D eigenvalue weighted by Crippen LogP contribution is 2.20. The smallest absolute Gasteiger partial charge is 0.124 e. The van der Waals surface area contributed by atoms with Gasteiger partial charge < -0.3 is 5.73 Å². The monoisotopic (exact) mass is 300 g/mol. The van der Waals surface area contributed by atoms with Gasteiger partial charge in [0.25, 0.3) is 0 Å². The van der Waals surface area contributed by atoms with E-state index in [4.69, 9.17) is 5.73 Å². The van der Waals surface area contributed by atoms with Crippen LogP contribution in [-0.2, 0) is 6.42 Å². The molecule has 2 N–H and O–H groups in total. The van der Waals surface area contributed by atoms with Crippen molar-refractivity contribution in [2.45, 2.75) is 12.5 Å². The summed E-state index contributed by atoms with van der Waals surface area (Å²) in [6.45, 7) is 0. The summed E-state index contributed by atoms with van der Waals surface area (Å²) in [4.78, 5) is 4.15. The van der Waals surface area contributed by atoms with Gasteiger partial charge in [-0.05, 0) is 30.2 Å². The van der Waals surface area contributed by atoms with Gasteiger partial charge in [-0.25, -0.2) is 9.37 Å². The van der Waals surface area contributed by atoms with Crippen LogP contribution in [0.4, 0.5) is 4.39 Å². The SMILES string of the molecule is NC(Cc1cc(F)cc(Br)c1)c1cscn1. The minimum atomic E-state index is -0.255. The molecule has 0 aliphatic rings. The number of hydrogen-bond acceptors (Lipinski definition) is 3. The van der Waals surface area contributed by atoms with Crippen molar-refractivity contribution in [3.63, 3.8) is 0 Å². The van der Waals surface area contributed by atoms with Crippen molar-refractivity contribution in [3.8, 4) is 0 Å². The highest BCUT2D eigenvalue weighted by molar-refractivity contribution is 9.10. The summed E-state index contributed by atoms with van der Waals surface area (Å²) in [5, 5.41) is 1.92. The number of nitrogens with two attached hydrogens (primary N) is 1. The van der Waals surface area contributed by atoms with Crippen molar-refractivity contribution in [2.24, 2.45) is 5.73 Å². The Bertz CT molecular complexity index is 453. The molecular weight excluding hydrogens is 291 g/mol. The zero-order chi connectivity index (χ0) is 11.5. The van der Waals surface area contributed by atoms with Crippen molar-refractivity contribution >= 4 is 27.3 Å². The molecule has 84 valence electrons.